The van der Waals surface area contributed by atoms with Crippen LogP contribution in [-0.4, -0.2) is 23.6 Å². The number of nitrogens with one attached hydrogen (secondary N) is 1. The molecule has 2 rings (SSSR count). The maximum atomic E-state index is 5.09. The number of ether oxygens (including phenoxy) is 1. The summed E-state index contributed by atoms with van der Waals surface area (Å²) in [6.45, 7) is 3.21. The predicted molar refractivity (Wildman–Crippen MR) is 62.0 cm³/mol. The number of hydrogen-bond donors (Lipinski definition) is 1. The highest BCUT2D eigenvalue weighted by Crippen LogP contribution is 2.37. The molecule has 0 saturated heterocycles. The van der Waals surface area contributed by atoms with Crippen molar-refractivity contribution < 1.29 is 4.74 Å². The number of halogens is 1. The van der Waals surface area contributed by atoms with Gasteiger partial charge >= 0.3 is 0 Å². The Kier molecular flexibility index (Phi) is 3.09. The van der Waals surface area contributed by atoms with Gasteiger partial charge in [0.15, 0.2) is 0 Å². The molecule has 1 fully saturated rings. The van der Waals surface area contributed by atoms with E-state index in [0.717, 1.165) is 22.9 Å². The van der Waals surface area contributed by atoms with Crippen LogP contribution in [0, 0.1) is 11.8 Å². The molecule has 4 nitrogen and oxygen atoms in total. The quantitative estimate of drug-likeness (QED) is 0.913. The minimum Gasteiger partial charge on any atom is -0.480 e. The summed E-state index contributed by atoms with van der Waals surface area (Å²) in [6, 6.07) is 0. The SMILES string of the molecule is COc1nc(NCC2CC2C)ncc1Br. The van der Waals surface area contributed by atoms with E-state index in [9.17, 15) is 0 Å². The average molecular weight is 272 g/mol. The van der Waals surface area contributed by atoms with Crippen molar-refractivity contribution in [2.24, 2.45) is 11.8 Å². The number of nitrogens with zero attached hydrogens (tertiary/aromatic N) is 2. The van der Waals surface area contributed by atoms with Gasteiger partial charge in [-0.1, -0.05) is 6.92 Å². The molecule has 1 saturated carbocycles. The summed E-state index contributed by atoms with van der Waals surface area (Å²) >= 11 is 3.31. The normalized spacial score (nSPS) is 23.7. The van der Waals surface area contributed by atoms with Crippen LogP contribution in [0.15, 0.2) is 10.7 Å². The van der Waals surface area contributed by atoms with E-state index in [1.165, 1.54) is 6.42 Å². The zero-order chi connectivity index (χ0) is 10.8. The molecule has 15 heavy (non-hydrogen) atoms. The van der Waals surface area contributed by atoms with Gasteiger partial charge in [-0.25, -0.2) is 4.98 Å². The van der Waals surface area contributed by atoms with Crippen molar-refractivity contribution in [3.8, 4) is 5.88 Å². The molecule has 1 aromatic heterocycles. The van der Waals surface area contributed by atoms with Crippen LogP contribution in [0.3, 0.4) is 0 Å². The first-order valence-electron chi connectivity index (χ1n) is 5.01. The summed E-state index contributed by atoms with van der Waals surface area (Å²) in [7, 11) is 1.60. The maximum absolute atomic E-state index is 5.09. The molecular weight excluding hydrogens is 258 g/mol. The molecule has 0 aliphatic heterocycles. The lowest BCUT2D eigenvalue weighted by Gasteiger charge is -2.06. The Labute approximate surface area is 97.6 Å². The van der Waals surface area contributed by atoms with Crippen LogP contribution in [0.25, 0.3) is 0 Å². The van der Waals surface area contributed by atoms with Gasteiger partial charge in [-0.3, -0.25) is 0 Å². The van der Waals surface area contributed by atoms with Gasteiger partial charge in [0.2, 0.25) is 11.8 Å². The van der Waals surface area contributed by atoms with E-state index in [2.05, 4.69) is 38.1 Å². The summed E-state index contributed by atoms with van der Waals surface area (Å²) < 4.78 is 5.86. The van der Waals surface area contributed by atoms with Crippen LogP contribution in [0.1, 0.15) is 13.3 Å². The van der Waals surface area contributed by atoms with Gasteiger partial charge in [-0.15, -0.1) is 0 Å². The highest BCUT2D eigenvalue weighted by Gasteiger charge is 2.32. The largest absolute Gasteiger partial charge is 0.480 e. The lowest BCUT2D eigenvalue weighted by atomic mass is 10.3. The third-order valence-electron chi connectivity index (χ3n) is 2.70. The second-order valence-electron chi connectivity index (χ2n) is 3.90. The molecule has 1 aromatic rings. The Bertz CT molecular complexity index is 359. The van der Waals surface area contributed by atoms with E-state index in [1.807, 2.05) is 0 Å². The lowest BCUT2D eigenvalue weighted by Crippen LogP contribution is -2.08. The number of methoxy groups -OCH3 is 1. The first kappa shape index (κ1) is 10.7. The van der Waals surface area contributed by atoms with Crippen molar-refractivity contribution in [1.29, 1.82) is 0 Å². The molecule has 5 heteroatoms. The van der Waals surface area contributed by atoms with Crippen LogP contribution in [0.5, 0.6) is 5.88 Å². The Hall–Kier alpha value is -0.840. The van der Waals surface area contributed by atoms with Crippen molar-refractivity contribution in [3.05, 3.63) is 10.7 Å². The van der Waals surface area contributed by atoms with Gasteiger partial charge in [0.05, 0.1) is 17.8 Å². The van der Waals surface area contributed by atoms with Crippen LogP contribution in [-0.2, 0) is 0 Å². The second kappa shape index (κ2) is 4.35. The lowest BCUT2D eigenvalue weighted by molar-refractivity contribution is 0.394. The minimum absolute atomic E-state index is 0.566. The van der Waals surface area contributed by atoms with Crippen LogP contribution in [0.2, 0.25) is 0 Å². The standard InChI is InChI=1S/C10H14BrN3O/c1-6-3-7(6)4-12-10-13-5-8(11)9(14-10)15-2/h5-7H,3-4H2,1-2H3,(H,12,13,14). The molecule has 0 spiro atoms. The second-order valence-corrected chi connectivity index (χ2v) is 4.76. The Morgan fingerprint density at radius 3 is 3.00 bits per heavy atom. The molecule has 0 radical (unpaired) electrons. The molecule has 0 bridgehead atoms. The Morgan fingerprint density at radius 2 is 2.40 bits per heavy atom. The fourth-order valence-corrected chi connectivity index (χ4v) is 1.84. The fraction of sp³-hybridized carbons (Fsp3) is 0.600. The molecule has 1 aliphatic carbocycles. The monoisotopic (exact) mass is 271 g/mol. The first-order valence-corrected chi connectivity index (χ1v) is 5.80. The van der Waals surface area contributed by atoms with Crippen molar-refractivity contribution in [2.45, 2.75) is 13.3 Å². The van der Waals surface area contributed by atoms with Gasteiger partial charge in [0.1, 0.15) is 0 Å². The molecule has 1 heterocycles. The smallest absolute Gasteiger partial charge is 0.232 e. The number of aromatic nitrogens is 2. The molecule has 0 aromatic carbocycles. The summed E-state index contributed by atoms with van der Waals surface area (Å²) in [5.41, 5.74) is 0. The van der Waals surface area contributed by atoms with E-state index in [1.54, 1.807) is 13.3 Å². The van der Waals surface area contributed by atoms with Crippen LogP contribution in [0.4, 0.5) is 5.95 Å². The van der Waals surface area contributed by atoms with E-state index in [-0.39, 0.29) is 0 Å². The summed E-state index contributed by atoms with van der Waals surface area (Å²) in [6.07, 6.45) is 3.01. The number of rotatable bonds is 4. The fourth-order valence-electron chi connectivity index (χ4n) is 1.49. The predicted octanol–water partition coefficient (Wildman–Crippen LogP) is 2.32. The zero-order valence-electron chi connectivity index (χ0n) is 8.83. The minimum atomic E-state index is 0.566. The van der Waals surface area contributed by atoms with Crippen LogP contribution >= 0.6 is 15.9 Å². The van der Waals surface area contributed by atoms with Gasteiger partial charge in [-0.05, 0) is 34.2 Å². The summed E-state index contributed by atoms with van der Waals surface area (Å²) in [5, 5.41) is 3.22. The van der Waals surface area contributed by atoms with Gasteiger partial charge < -0.3 is 10.1 Å². The van der Waals surface area contributed by atoms with E-state index >= 15 is 0 Å². The molecule has 82 valence electrons. The molecule has 2 atom stereocenters. The van der Waals surface area contributed by atoms with Crippen LogP contribution < -0.4 is 10.1 Å². The zero-order valence-corrected chi connectivity index (χ0v) is 10.4. The van der Waals surface area contributed by atoms with Crippen molar-refractivity contribution in [2.75, 3.05) is 19.0 Å². The van der Waals surface area contributed by atoms with E-state index in [4.69, 9.17) is 4.74 Å². The van der Waals surface area contributed by atoms with Gasteiger partial charge in [0.25, 0.3) is 0 Å². The highest BCUT2D eigenvalue weighted by atomic mass is 79.9. The Morgan fingerprint density at radius 1 is 1.67 bits per heavy atom. The highest BCUT2D eigenvalue weighted by molar-refractivity contribution is 9.10. The average Bonchev–Trinajstić information content (AvgIpc) is 2.93. The first-order chi connectivity index (χ1) is 7.20. The summed E-state index contributed by atoms with van der Waals surface area (Å²) in [5.74, 6) is 2.82. The topological polar surface area (TPSA) is 47.0 Å². The third-order valence-corrected chi connectivity index (χ3v) is 3.25. The number of anilines is 1. The maximum Gasteiger partial charge on any atom is 0.232 e. The van der Waals surface area contributed by atoms with Crippen molar-refractivity contribution >= 4 is 21.9 Å². The van der Waals surface area contributed by atoms with E-state index < -0.39 is 0 Å². The van der Waals surface area contributed by atoms with Gasteiger partial charge in [0, 0.05) is 6.54 Å². The van der Waals surface area contributed by atoms with Crippen molar-refractivity contribution in [3.63, 3.8) is 0 Å². The molecule has 1 aliphatic rings. The molecule has 2 unspecified atom stereocenters. The molecular formula is C10H14BrN3O. The van der Waals surface area contributed by atoms with Crippen molar-refractivity contribution in [1.82, 2.24) is 9.97 Å². The number of hydrogen-bond acceptors (Lipinski definition) is 4. The molecule has 0 amide bonds. The Balaban J connectivity index is 1.96. The summed E-state index contributed by atoms with van der Waals surface area (Å²) in [4.78, 5) is 8.39. The molecule has 1 N–H and O–H groups in total. The van der Waals surface area contributed by atoms with E-state index in [0.29, 0.717) is 11.8 Å². The van der Waals surface area contributed by atoms with Gasteiger partial charge in [-0.2, -0.15) is 4.98 Å². The third kappa shape index (κ3) is 2.59.